The van der Waals surface area contributed by atoms with Crippen LogP contribution in [0.15, 0.2) is 18.2 Å². The number of nitrogens with one attached hydrogen (secondary N) is 1. The SMILES string of the molecule is O=Cc1c(C2CCCCC2)[nH]c2ccc(C(F)(F)F)cc12. The molecule has 0 spiro atoms. The lowest BCUT2D eigenvalue weighted by Crippen LogP contribution is -2.07. The number of hydrogen-bond donors (Lipinski definition) is 1. The van der Waals surface area contributed by atoms with Gasteiger partial charge in [0, 0.05) is 22.2 Å². The minimum atomic E-state index is -4.39. The van der Waals surface area contributed by atoms with Crippen LogP contribution in [0.2, 0.25) is 0 Å². The summed E-state index contributed by atoms with van der Waals surface area (Å²) in [6, 6.07) is 3.54. The maximum absolute atomic E-state index is 12.8. The van der Waals surface area contributed by atoms with Crippen molar-refractivity contribution in [2.24, 2.45) is 0 Å². The largest absolute Gasteiger partial charge is 0.416 e. The molecule has 2 aromatic rings. The summed E-state index contributed by atoms with van der Waals surface area (Å²) in [7, 11) is 0. The average Bonchev–Trinajstić information content (AvgIpc) is 2.84. The lowest BCUT2D eigenvalue weighted by Gasteiger charge is -2.21. The molecule has 5 heteroatoms. The van der Waals surface area contributed by atoms with Crippen molar-refractivity contribution in [1.82, 2.24) is 4.98 Å². The third kappa shape index (κ3) is 2.57. The first-order chi connectivity index (χ1) is 10.0. The fourth-order valence-electron chi connectivity index (χ4n) is 3.25. The number of aldehydes is 1. The van der Waals surface area contributed by atoms with Crippen molar-refractivity contribution in [2.45, 2.75) is 44.2 Å². The van der Waals surface area contributed by atoms with Crippen LogP contribution in [-0.2, 0) is 6.18 Å². The normalized spacial score (nSPS) is 17.3. The average molecular weight is 295 g/mol. The van der Waals surface area contributed by atoms with Crippen LogP contribution in [0, 0.1) is 0 Å². The summed E-state index contributed by atoms with van der Waals surface area (Å²) in [5, 5.41) is 0.375. The van der Waals surface area contributed by atoms with E-state index in [9.17, 15) is 18.0 Å². The highest BCUT2D eigenvalue weighted by Gasteiger charge is 2.31. The number of fused-ring (bicyclic) bond motifs is 1. The molecule has 0 radical (unpaired) electrons. The Hall–Kier alpha value is -1.78. The third-order valence-electron chi connectivity index (χ3n) is 4.33. The van der Waals surface area contributed by atoms with E-state index in [0.717, 1.165) is 43.5 Å². The van der Waals surface area contributed by atoms with Gasteiger partial charge >= 0.3 is 6.18 Å². The molecule has 1 fully saturated rings. The zero-order valence-corrected chi connectivity index (χ0v) is 11.5. The zero-order valence-electron chi connectivity index (χ0n) is 11.5. The first kappa shape index (κ1) is 14.2. The molecule has 2 nitrogen and oxygen atoms in total. The van der Waals surface area contributed by atoms with Gasteiger partial charge in [-0.2, -0.15) is 13.2 Å². The molecule has 0 unspecified atom stereocenters. The molecule has 1 aromatic carbocycles. The molecule has 0 bridgehead atoms. The number of benzene rings is 1. The zero-order chi connectivity index (χ0) is 15.0. The molecule has 21 heavy (non-hydrogen) atoms. The highest BCUT2D eigenvalue weighted by atomic mass is 19.4. The number of halogens is 3. The summed E-state index contributed by atoms with van der Waals surface area (Å²) in [6.45, 7) is 0. The first-order valence-electron chi connectivity index (χ1n) is 7.18. The Morgan fingerprint density at radius 2 is 1.86 bits per heavy atom. The molecule has 1 aliphatic rings. The van der Waals surface area contributed by atoms with Gasteiger partial charge in [0.2, 0.25) is 0 Å². The number of carbonyl (C=O) groups excluding carboxylic acids is 1. The van der Waals surface area contributed by atoms with Gasteiger partial charge in [0.25, 0.3) is 0 Å². The lowest BCUT2D eigenvalue weighted by molar-refractivity contribution is -0.137. The van der Waals surface area contributed by atoms with Crippen LogP contribution in [0.3, 0.4) is 0 Å². The van der Waals surface area contributed by atoms with Crippen LogP contribution in [-0.4, -0.2) is 11.3 Å². The van der Waals surface area contributed by atoms with E-state index in [1.807, 2.05) is 0 Å². The quantitative estimate of drug-likeness (QED) is 0.773. The summed E-state index contributed by atoms with van der Waals surface area (Å²) < 4.78 is 38.4. The Bertz CT molecular complexity index is 666. The molecule has 1 saturated carbocycles. The molecule has 112 valence electrons. The Morgan fingerprint density at radius 3 is 2.48 bits per heavy atom. The van der Waals surface area contributed by atoms with Gasteiger partial charge in [-0.1, -0.05) is 19.3 Å². The number of aromatic nitrogens is 1. The summed E-state index contributed by atoms with van der Waals surface area (Å²) in [6.07, 6.45) is 1.66. The number of carbonyl (C=O) groups is 1. The van der Waals surface area contributed by atoms with Crippen LogP contribution in [0.25, 0.3) is 10.9 Å². The maximum atomic E-state index is 12.8. The van der Waals surface area contributed by atoms with E-state index < -0.39 is 11.7 Å². The second-order valence-corrected chi connectivity index (χ2v) is 5.66. The Morgan fingerprint density at radius 1 is 1.14 bits per heavy atom. The molecular formula is C16H16F3NO. The molecule has 0 amide bonds. The first-order valence-corrected chi connectivity index (χ1v) is 7.18. The number of aromatic amines is 1. The summed E-state index contributed by atoms with van der Waals surface area (Å²) in [4.78, 5) is 14.6. The fourth-order valence-corrected chi connectivity index (χ4v) is 3.25. The minimum Gasteiger partial charge on any atom is -0.358 e. The van der Waals surface area contributed by atoms with Crippen molar-refractivity contribution in [2.75, 3.05) is 0 Å². The highest BCUT2D eigenvalue weighted by molar-refractivity contribution is 5.99. The van der Waals surface area contributed by atoms with Gasteiger partial charge in [0.05, 0.1) is 5.56 Å². The molecule has 1 heterocycles. The molecule has 1 aromatic heterocycles. The fraction of sp³-hybridized carbons (Fsp3) is 0.438. The molecule has 0 saturated heterocycles. The van der Waals surface area contributed by atoms with Crippen molar-refractivity contribution in [3.05, 3.63) is 35.0 Å². The van der Waals surface area contributed by atoms with Crippen molar-refractivity contribution < 1.29 is 18.0 Å². The predicted octanol–water partition coefficient (Wildman–Crippen LogP) is 5.05. The summed E-state index contributed by atoms with van der Waals surface area (Å²) in [5.74, 6) is 0.251. The van der Waals surface area contributed by atoms with E-state index in [0.29, 0.717) is 22.8 Å². The predicted molar refractivity (Wildman–Crippen MR) is 74.5 cm³/mol. The maximum Gasteiger partial charge on any atom is 0.416 e. The van der Waals surface area contributed by atoms with Gasteiger partial charge < -0.3 is 4.98 Å². The van der Waals surface area contributed by atoms with Gasteiger partial charge in [0.1, 0.15) is 0 Å². The van der Waals surface area contributed by atoms with E-state index in [-0.39, 0.29) is 5.92 Å². The molecule has 3 rings (SSSR count). The van der Waals surface area contributed by atoms with E-state index in [2.05, 4.69) is 4.98 Å². The van der Waals surface area contributed by atoms with Gasteiger partial charge in [0.15, 0.2) is 6.29 Å². The van der Waals surface area contributed by atoms with E-state index >= 15 is 0 Å². The van der Waals surface area contributed by atoms with Crippen LogP contribution >= 0.6 is 0 Å². The molecule has 0 aliphatic heterocycles. The smallest absolute Gasteiger partial charge is 0.358 e. The van der Waals surface area contributed by atoms with Crippen LogP contribution in [0.1, 0.15) is 59.6 Å². The monoisotopic (exact) mass is 295 g/mol. The van der Waals surface area contributed by atoms with Crippen molar-refractivity contribution in [3.8, 4) is 0 Å². The van der Waals surface area contributed by atoms with Gasteiger partial charge in [-0.25, -0.2) is 0 Å². The summed E-state index contributed by atoms with van der Waals surface area (Å²) >= 11 is 0. The highest BCUT2D eigenvalue weighted by Crippen LogP contribution is 2.38. The number of alkyl halides is 3. The van der Waals surface area contributed by atoms with Crippen molar-refractivity contribution in [1.29, 1.82) is 0 Å². The van der Waals surface area contributed by atoms with E-state index in [4.69, 9.17) is 0 Å². The standard InChI is InChI=1S/C16H16F3NO/c17-16(18,19)11-6-7-14-12(8-11)13(9-21)15(20-14)10-4-2-1-3-5-10/h6-10,20H,1-5H2. The van der Waals surface area contributed by atoms with E-state index in [1.54, 1.807) is 0 Å². The second-order valence-electron chi connectivity index (χ2n) is 5.66. The van der Waals surface area contributed by atoms with Gasteiger partial charge in [-0.05, 0) is 37.0 Å². The molecule has 1 N–H and O–H groups in total. The van der Waals surface area contributed by atoms with E-state index in [1.165, 1.54) is 12.5 Å². The third-order valence-corrected chi connectivity index (χ3v) is 4.33. The number of rotatable bonds is 2. The minimum absolute atomic E-state index is 0.251. The van der Waals surface area contributed by atoms with Crippen LogP contribution < -0.4 is 0 Å². The van der Waals surface area contributed by atoms with Gasteiger partial charge in [-0.3, -0.25) is 4.79 Å². The van der Waals surface area contributed by atoms with Crippen LogP contribution in [0.5, 0.6) is 0 Å². The second kappa shape index (κ2) is 5.20. The molecular weight excluding hydrogens is 279 g/mol. The van der Waals surface area contributed by atoms with Crippen LogP contribution in [0.4, 0.5) is 13.2 Å². The molecule has 0 atom stereocenters. The van der Waals surface area contributed by atoms with Crippen molar-refractivity contribution >= 4 is 17.2 Å². The summed E-state index contributed by atoms with van der Waals surface area (Å²) in [5.41, 5.74) is 1.08. The molecule has 1 aliphatic carbocycles. The number of H-pyrrole nitrogens is 1. The Kier molecular flexibility index (Phi) is 3.51. The lowest BCUT2D eigenvalue weighted by atomic mass is 9.85. The van der Waals surface area contributed by atoms with Gasteiger partial charge in [-0.15, -0.1) is 0 Å². The number of hydrogen-bond acceptors (Lipinski definition) is 1. The Labute approximate surface area is 120 Å². The topological polar surface area (TPSA) is 32.9 Å². The van der Waals surface area contributed by atoms with Crippen molar-refractivity contribution in [3.63, 3.8) is 0 Å². The Balaban J connectivity index is 2.12.